The summed E-state index contributed by atoms with van der Waals surface area (Å²) in [6.07, 6.45) is 1.72. The molecular weight excluding hydrogens is 302 g/mol. The molecule has 0 saturated carbocycles. The maximum absolute atomic E-state index is 13.9. The molecule has 2 N–H and O–H groups in total. The van der Waals surface area contributed by atoms with Gasteiger partial charge in [0.1, 0.15) is 11.6 Å². The van der Waals surface area contributed by atoms with Crippen LogP contribution in [0.5, 0.6) is 0 Å². The summed E-state index contributed by atoms with van der Waals surface area (Å²) in [5.74, 6) is -1.11. The van der Waals surface area contributed by atoms with E-state index in [1.807, 2.05) is 25.2 Å². The smallest absolute Gasteiger partial charge is 0.133 e. The average Bonchev–Trinajstić information content (AvgIpc) is 2.89. The van der Waals surface area contributed by atoms with Crippen molar-refractivity contribution in [3.05, 3.63) is 70.8 Å². The fourth-order valence-corrected chi connectivity index (χ4v) is 4.13. The first-order valence-electron chi connectivity index (χ1n) is 7.06. The van der Waals surface area contributed by atoms with Gasteiger partial charge in [0.2, 0.25) is 0 Å². The van der Waals surface area contributed by atoms with Crippen LogP contribution in [0.1, 0.15) is 23.1 Å². The van der Waals surface area contributed by atoms with Crippen LogP contribution in [-0.2, 0) is 11.3 Å². The molecule has 5 heteroatoms. The Bertz CT molecular complexity index is 732. The lowest BCUT2D eigenvalue weighted by Crippen LogP contribution is -2.35. The second-order valence-electron chi connectivity index (χ2n) is 5.29. The van der Waals surface area contributed by atoms with Gasteiger partial charge in [-0.3, -0.25) is 5.41 Å². The highest BCUT2D eigenvalue weighted by atomic mass is 32.2. The number of nitrogens with one attached hydrogen (secondary N) is 2. The fourth-order valence-electron chi connectivity index (χ4n) is 2.90. The maximum Gasteiger partial charge on any atom is 0.133 e. The van der Waals surface area contributed by atoms with Crippen LogP contribution in [-0.4, -0.2) is 12.1 Å². The predicted molar refractivity (Wildman–Crippen MR) is 86.3 cm³/mol. The monoisotopic (exact) mass is 318 g/mol. The second kappa shape index (κ2) is 5.82. The van der Waals surface area contributed by atoms with E-state index in [4.69, 9.17) is 5.41 Å². The predicted octanol–water partition coefficient (Wildman–Crippen LogP) is 4.04. The lowest BCUT2D eigenvalue weighted by atomic mass is 10.1. The number of rotatable bonds is 3. The molecule has 2 nitrogen and oxygen atoms in total. The molecule has 0 radical (unpaired) electrons. The minimum absolute atomic E-state index is 0.00371. The molecule has 2 aromatic rings. The molecule has 0 aromatic heterocycles. The number of hydrogen-bond acceptors (Lipinski definition) is 3. The number of aryl methyl sites for hydroxylation is 1. The molecule has 0 spiro atoms. The maximum atomic E-state index is 13.9. The quantitative estimate of drug-likeness (QED) is 0.509. The standard InChI is InChI=1S/C17H16F2N2S/c1-21-17(9-8-11-4-2-3-5-14(11)17)22-16(20)13-10-12(18)6-7-15(13)19/h2-7,10,20-21H,8-9H2,1H3. The molecule has 1 unspecified atom stereocenters. The van der Waals surface area contributed by atoms with Gasteiger partial charge in [0.15, 0.2) is 0 Å². The topological polar surface area (TPSA) is 35.9 Å². The van der Waals surface area contributed by atoms with Gasteiger partial charge in [0.05, 0.1) is 9.91 Å². The zero-order valence-corrected chi connectivity index (χ0v) is 12.9. The Labute approximate surface area is 132 Å². The van der Waals surface area contributed by atoms with Crippen molar-refractivity contribution in [1.29, 1.82) is 5.41 Å². The SMILES string of the molecule is CNC1(SC(=N)c2cc(F)ccc2F)CCc2ccccc21. The molecule has 1 aliphatic rings. The van der Waals surface area contributed by atoms with Crippen molar-refractivity contribution < 1.29 is 8.78 Å². The van der Waals surface area contributed by atoms with E-state index in [1.54, 1.807) is 0 Å². The van der Waals surface area contributed by atoms with Crippen molar-refractivity contribution >= 4 is 16.8 Å². The molecule has 0 saturated heterocycles. The number of benzene rings is 2. The number of thioether (sulfide) groups is 1. The van der Waals surface area contributed by atoms with Crippen molar-refractivity contribution in [3.8, 4) is 0 Å². The number of halogens is 2. The molecule has 22 heavy (non-hydrogen) atoms. The lowest BCUT2D eigenvalue weighted by molar-refractivity contribution is 0.534. The first-order chi connectivity index (χ1) is 10.6. The van der Waals surface area contributed by atoms with E-state index >= 15 is 0 Å². The van der Waals surface area contributed by atoms with Crippen LogP contribution in [0.3, 0.4) is 0 Å². The highest BCUT2D eigenvalue weighted by Crippen LogP contribution is 2.46. The van der Waals surface area contributed by atoms with Crippen LogP contribution in [0.4, 0.5) is 8.78 Å². The Kier molecular flexibility index (Phi) is 4.02. The Hall–Kier alpha value is -1.72. The van der Waals surface area contributed by atoms with Gasteiger partial charge in [-0.25, -0.2) is 8.78 Å². The van der Waals surface area contributed by atoms with Gasteiger partial charge in [-0.1, -0.05) is 36.0 Å². The van der Waals surface area contributed by atoms with Crippen molar-refractivity contribution in [3.63, 3.8) is 0 Å². The van der Waals surface area contributed by atoms with Gasteiger partial charge in [0, 0.05) is 5.56 Å². The summed E-state index contributed by atoms with van der Waals surface area (Å²) >= 11 is 1.24. The van der Waals surface area contributed by atoms with Crippen molar-refractivity contribution in [2.75, 3.05) is 7.05 Å². The lowest BCUT2D eigenvalue weighted by Gasteiger charge is -2.29. The van der Waals surface area contributed by atoms with Gasteiger partial charge in [-0.05, 0) is 49.2 Å². The van der Waals surface area contributed by atoms with Crippen molar-refractivity contribution in [2.45, 2.75) is 17.7 Å². The first-order valence-corrected chi connectivity index (χ1v) is 7.88. The molecule has 114 valence electrons. The van der Waals surface area contributed by atoms with Crippen LogP contribution in [0.15, 0.2) is 42.5 Å². The molecular formula is C17H16F2N2S. The summed E-state index contributed by atoms with van der Waals surface area (Å²) < 4.78 is 27.2. The van der Waals surface area contributed by atoms with Crippen LogP contribution in [0, 0.1) is 17.0 Å². The van der Waals surface area contributed by atoms with Gasteiger partial charge in [-0.2, -0.15) is 0 Å². The molecule has 0 aliphatic heterocycles. The van der Waals surface area contributed by atoms with Crippen LogP contribution in [0.2, 0.25) is 0 Å². The summed E-state index contributed by atoms with van der Waals surface area (Å²) in [6.45, 7) is 0. The molecule has 0 heterocycles. The summed E-state index contributed by atoms with van der Waals surface area (Å²) in [4.78, 5) is -0.466. The Morgan fingerprint density at radius 3 is 2.77 bits per heavy atom. The Morgan fingerprint density at radius 1 is 1.23 bits per heavy atom. The number of fused-ring (bicyclic) bond motifs is 1. The van der Waals surface area contributed by atoms with E-state index in [1.165, 1.54) is 17.3 Å². The van der Waals surface area contributed by atoms with E-state index in [0.717, 1.165) is 36.6 Å². The van der Waals surface area contributed by atoms with Gasteiger partial charge < -0.3 is 5.32 Å². The van der Waals surface area contributed by atoms with Crippen molar-refractivity contribution in [1.82, 2.24) is 5.32 Å². The van der Waals surface area contributed by atoms with E-state index in [9.17, 15) is 8.78 Å². The molecule has 1 aliphatic carbocycles. The minimum atomic E-state index is -0.573. The zero-order chi connectivity index (χ0) is 15.7. The molecule has 2 aromatic carbocycles. The normalized spacial score (nSPS) is 20.0. The van der Waals surface area contributed by atoms with Gasteiger partial charge >= 0.3 is 0 Å². The van der Waals surface area contributed by atoms with E-state index in [-0.39, 0.29) is 10.6 Å². The minimum Gasteiger partial charge on any atom is -0.302 e. The van der Waals surface area contributed by atoms with E-state index in [2.05, 4.69) is 11.4 Å². The molecule has 0 amide bonds. The fraction of sp³-hybridized carbons (Fsp3) is 0.235. The summed E-state index contributed by atoms with van der Waals surface area (Å²) in [7, 11) is 1.84. The van der Waals surface area contributed by atoms with Crippen LogP contribution >= 0.6 is 11.8 Å². The van der Waals surface area contributed by atoms with Gasteiger partial charge in [0.25, 0.3) is 0 Å². The molecule has 0 bridgehead atoms. The Balaban J connectivity index is 1.94. The first kappa shape index (κ1) is 15.2. The summed E-state index contributed by atoms with van der Waals surface area (Å²) in [5, 5.41) is 11.5. The summed E-state index contributed by atoms with van der Waals surface area (Å²) in [6, 6.07) is 11.3. The highest BCUT2D eigenvalue weighted by molar-refractivity contribution is 8.15. The third-order valence-electron chi connectivity index (χ3n) is 4.05. The molecule has 3 rings (SSSR count). The zero-order valence-electron chi connectivity index (χ0n) is 12.1. The third-order valence-corrected chi connectivity index (χ3v) is 5.45. The number of hydrogen-bond donors (Lipinski definition) is 2. The van der Waals surface area contributed by atoms with Crippen LogP contribution in [0.25, 0.3) is 0 Å². The third kappa shape index (κ3) is 2.55. The van der Waals surface area contributed by atoms with Crippen LogP contribution < -0.4 is 5.32 Å². The van der Waals surface area contributed by atoms with Crippen molar-refractivity contribution in [2.24, 2.45) is 0 Å². The highest BCUT2D eigenvalue weighted by Gasteiger charge is 2.39. The molecule has 0 fully saturated rings. The molecule has 1 atom stereocenters. The average molecular weight is 318 g/mol. The van der Waals surface area contributed by atoms with E-state index < -0.39 is 16.5 Å². The second-order valence-corrected chi connectivity index (χ2v) is 6.60. The Morgan fingerprint density at radius 2 is 2.00 bits per heavy atom. The summed E-state index contributed by atoms with van der Waals surface area (Å²) in [5.41, 5.74) is 2.35. The van der Waals surface area contributed by atoms with Gasteiger partial charge in [-0.15, -0.1) is 0 Å². The largest absolute Gasteiger partial charge is 0.302 e. The van der Waals surface area contributed by atoms with E-state index in [0.29, 0.717) is 0 Å².